The van der Waals surface area contributed by atoms with E-state index in [1.165, 1.54) is 34.4 Å². The summed E-state index contributed by atoms with van der Waals surface area (Å²) in [5.41, 5.74) is 11.0. The second-order valence-electron chi connectivity index (χ2n) is 9.85. The first-order valence-corrected chi connectivity index (χ1v) is 13.3. The molecular weight excluding hydrogens is 703 g/mol. The molecule has 0 unspecified atom stereocenters. The molecule has 4 aromatic carbocycles. The van der Waals surface area contributed by atoms with Gasteiger partial charge in [0, 0.05) is 38.6 Å². The summed E-state index contributed by atoms with van der Waals surface area (Å²) in [6, 6.07) is 37.5. The number of halogens is 2. The monoisotopic (exact) mass is 731 g/mol. The Morgan fingerprint density at radius 2 is 1.21 bits per heavy atom. The van der Waals surface area contributed by atoms with E-state index in [0.717, 1.165) is 34.1 Å². The molecule has 0 saturated carbocycles. The molecule has 0 aliphatic rings. The number of pyridine rings is 2. The van der Waals surface area contributed by atoms with Gasteiger partial charge in [-0.05, 0) is 72.1 Å². The van der Waals surface area contributed by atoms with Gasteiger partial charge in [-0.15, -0.1) is 65.7 Å². The molecule has 0 saturated heterocycles. The molecule has 2 nitrogen and oxygen atoms in total. The first-order valence-electron chi connectivity index (χ1n) is 13.3. The Morgan fingerprint density at radius 3 is 1.76 bits per heavy atom. The predicted molar refractivity (Wildman–Crippen MR) is 162 cm³/mol. The van der Waals surface area contributed by atoms with Crippen LogP contribution in [0.1, 0.15) is 16.7 Å². The minimum atomic E-state index is -0.589. The molecule has 2 aromatic heterocycles. The van der Waals surface area contributed by atoms with Crippen molar-refractivity contribution in [2.75, 3.05) is 0 Å². The summed E-state index contributed by atoms with van der Waals surface area (Å²) >= 11 is 0. The predicted octanol–water partition coefficient (Wildman–Crippen LogP) is 9.63. The number of benzene rings is 4. The number of nitrogens with zero attached hydrogens (tertiary/aromatic N) is 2. The maximum atomic E-state index is 13.2. The number of aryl methyl sites for hydroxylation is 3. The van der Waals surface area contributed by atoms with Gasteiger partial charge in [0.15, 0.2) is 0 Å². The van der Waals surface area contributed by atoms with Crippen LogP contribution >= 0.6 is 0 Å². The van der Waals surface area contributed by atoms with Crippen molar-refractivity contribution in [1.82, 2.24) is 9.97 Å². The van der Waals surface area contributed by atoms with E-state index in [1.807, 2.05) is 61.7 Å². The van der Waals surface area contributed by atoms with Crippen LogP contribution in [0.25, 0.3) is 44.8 Å². The fourth-order valence-corrected chi connectivity index (χ4v) is 4.63. The maximum absolute atomic E-state index is 13.2. The molecular formula is C37H28F2IrN2-2. The average Bonchev–Trinajstić information content (AvgIpc) is 2.98. The van der Waals surface area contributed by atoms with Gasteiger partial charge in [-0.25, -0.2) is 8.78 Å². The summed E-state index contributed by atoms with van der Waals surface area (Å²) in [4.78, 5) is 8.90. The molecule has 0 aliphatic heterocycles. The van der Waals surface area contributed by atoms with Gasteiger partial charge in [0.2, 0.25) is 0 Å². The SMILES string of the molecule is Cc1ccc(-c2[c-]cc(-c3cc(F)cc(F)c3)cc2)nc1.Cc1cccc(C)c1-c1ccc(-c2[c-]cccc2)nc1.[Ir]. The van der Waals surface area contributed by atoms with E-state index in [2.05, 4.69) is 66.3 Å². The quantitative estimate of drug-likeness (QED) is 0.169. The summed E-state index contributed by atoms with van der Waals surface area (Å²) in [6.07, 6.45) is 3.74. The van der Waals surface area contributed by atoms with Gasteiger partial charge in [-0.3, -0.25) is 0 Å². The van der Waals surface area contributed by atoms with Crippen molar-refractivity contribution in [3.63, 3.8) is 0 Å². The third kappa shape index (κ3) is 7.50. The zero-order valence-corrected chi connectivity index (χ0v) is 25.8. The minimum absolute atomic E-state index is 0. The topological polar surface area (TPSA) is 25.8 Å². The largest absolute Gasteiger partial charge is 0.304 e. The summed E-state index contributed by atoms with van der Waals surface area (Å²) in [5.74, 6) is -1.18. The third-order valence-electron chi connectivity index (χ3n) is 6.71. The number of hydrogen-bond donors (Lipinski definition) is 0. The van der Waals surface area contributed by atoms with Crippen LogP contribution in [0.5, 0.6) is 0 Å². The molecule has 42 heavy (non-hydrogen) atoms. The Hall–Kier alpha value is -4.31. The van der Waals surface area contributed by atoms with Gasteiger partial charge in [0.1, 0.15) is 11.6 Å². The van der Waals surface area contributed by atoms with Gasteiger partial charge >= 0.3 is 0 Å². The van der Waals surface area contributed by atoms with E-state index in [4.69, 9.17) is 0 Å². The van der Waals surface area contributed by atoms with Crippen LogP contribution in [0, 0.1) is 44.5 Å². The number of aromatic nitrogens is 2. The van der Waals surface area contributed by atoms with Gasteiger partial charge in [0.25, 0.3) is 0 Å². The van der Waals surface area contributed by atoms with Crippen molar-refractivity contribution >= 4 is 0 Å². The van der Waals surface area contributed by atoms with Crippen LogP contribution in [0.4, 0.5) is 8.78 Å². The Bertz CT molecular complexity index is 1710. The van der Waals surface area contributed by atoms with Crippen molar-refractivity contribution in [2.45, 2.75) is 20.8 Å². The Balaban J connectivity index is 0.000000189. The van der Waals surface area contributed by atoms with Gasteiger partial charge < -0.3 is 9.97 Å². The summed E-state index contributed by atoms with van der Waals surface area (Å²) in [7, 11) is 0. The van der Waals surface area contributed by atoms with E-state index in [1.54, 1.807) is 12.3 Å². The molecule has 1 radical (unpaired) electrons. The molecule has 6 aromatic rings. The van der Waals surface area contributed by atoms with Crippen molar-refractivity contribution in [3.05, 3.63) is 156 Å². The molecule has 2 heterocycles. The van der Waals surface area contributed by atoms with Gasteiger partial charge in [-0.2, -0.15) is 0 Å². The van der Waals surface area contributed by atoms with Crippen LogP contribution in [-0.2, 0) is 20.1 Å². The van der Waals surface area contributed by atoms with Crippen LogP contribution in [0.3, 0.4) is 0 Å². The second kappa shape index (κ2) is 14.0. The van der Waals surface area contributed by atoms with Gasteiger partial charge in [-0.1, -0.05) is 53.6 Å². The van der Waals surface area contributed by atoms with Crippen molar-refractivity contribution < 1.29 is 28.9 Å². The zero-order valence-electron chi connectivity index (χ0n) is 23.5. The van der Waals surface area contributed by atoms with E-state index < -0.39 is 11.6 Å². The normalized spacial score (nSPS) is 10.3. The van der Waals surface area contributed by atoms with Crippen molar-refractivity contribution in [1.29, 1.82) is 0 Å². The van der Waals surface area contributed by atoms with Crippen LogP contribution in [0.2, 0.25) is 0 Å². The molecule has 0 bridgehead atoms. The molecule has 0 spiro atoms. The van der Waals surface area contributed by atoms with Crippen LogP contribution in [-0.4, -0.2) is 9.97 Å². The first-order chi connectivity index (χ1) is 19.9. The number of rotatable bonds is 4. The summed E-state index contributed by atoms with van der Waals surface area (Å²) < 4.78 is 26.5. The molecule has 5 heteroatoms. The standard InChI is InChI=1S/C19H16N.C18H12F2N.Ir/c1-14-7-6-8-15(2)19(14)17-11-12-18(20-13-17)16-9-4-3-5-10-16;1-12-2-7-18(21-11-12)14-5-3-13(4-6-14)15-8-16(19)10-17(20)9-15;/h3-9,11-13H,1-2H3;2-5,7-11H,1H3;/q2*-1;. The van der Waals surface area contributed by atoms with Crippen LogP contribution in [0.15, 0.2) is 116 Å². The fraction of sp³-hybridized carbons (Fsp3) is 0.0811. The van der Waals surface area contributed by atoms with Crippen molar-refractivity contribution in [2.24, 2.45) is 0 Å². The van der Waals surface area contributed by atoms with E-state index in [-0.39, 0.29) is 20.1 Å². The minimum Gasteiger partial charge on any atom is -0.304 e. The van der Waals surface area contributed by atoms with Gasteiger partial charge in [0.05, 0.1) is 0 Å². The number of hydrogen-bond acceptors (Lipinski definition) is 2. The summed E-state index contributed by atoms with van der Waals surface area (Å²) in [5, 5.41) is 0. The molecule has 0 aliphatic carbocycles. The van der Waals surface area contributed by atoms with E-state index in [0.29, 0.717) is 11.1 Å². The molecule has 211 valence electrons. The second-order valence-corrected chi connectivity index (χ2v) is 9.85. The third-order valence-corrected chi connectivity index (χ3v) is 6.71. The maximum Gasteiger partial charge on any atom is 0.125 e. The average molecular weight is 731 g/mol. The fourth-order valence-electron chi connectivity index (χ4n) is 4.63. The molecule has 0 N–H and O–H groups in total. The first kappa shape index (κ1) is 30.6. The zero-order chi connectivity index (χ0) is 28.8. The Morgan fingerprint density at radius 1 is 0.571 bits per heavy atom. The van der Waals surface area contributed by atoms with E-state index >= 15 is 0 Å². The Labute approximate surface area is 259 Å². The molecule has 6 rings (SSSR count). The molecule has 0 amide bonds. The smallest absolute Gasteiger partial charge is 0.125 e. The molecule has 0 fully saturated rings. The summed E-state index contributed by atoms with van der Waals surface area (Å²) in [6.45, 7) is 6.25. The van der Waals surface area contributed by atoms with E-state index in [9.17, 15) is 8.78 Å². The van der Waals surface area contributed by atoms with Crippen molar-refractivity contribution in [3.8, 4) is 44.8 Å². The molecule has 0 atom stereocenters. The Kier molecular flexibility index (Phi) is 10.2. The van der Waals surface area contributed by atoms with Crippen LogP contribution < -0.4 is 0 Å².